The highest BCUT2D eigenvalue weighted by Crippen LogP contribution is 2.30. The zero-order valence-corrected chi connectivity index (χ0v) is 11.3. The van der Waals surface area contributed by atoms with Gasteiger partial charge in [-0.25, -0.2) is 0 Å². The predicted octanol–water partition coefficient (Wildman–Crippen LogP) is 3.63. The maximum Gasteiger partial charge on any atom is 0.140 e. The first-order valence-corrected chi connectivity index (χ1v) is 6.84. The van der Waals surface area contributed by atoms with Crippen LogP contribution >= 0.6 is 0 Å². The number of methoxy groups -OCH3 is 1. The summed E-state index contributed by atoms with van der Waals surface area (Å²) >= 11 is 0. The van der Waals surface area contributed by atoms with Gasteiger partial charge in [0.05, 0.1) is 7.11 Å². The molecule has 0 spiro atoms. The molecule has 0 aliphatic heterocycles. The summed E-state index contributed by atoms with van der Waals surface area (Å²) in [4.78, 5) is 12.2. The second kappa shape index (κ2) is 6.03. The van der Waals surface area contributed by atoms with Gasteiger partial charge in [0.25, 0.3) is 0 Å². The van der Waals surface area contributed by atoms with E-state index in [1.807, 2.05) is 24.3 Å². The molecule has 1 aliphatic carbocycles. The second-order valence-electron chi connectivity index (χ2n) is 5.46. The molecule has 0 saturated heterocycles. The molecule has 0 bridgehead atoms. The minimum atomic E-state index is 0.288. The van der Waals surface area contributed by atoms with Crippen LogP contribution in [0.5, 0.6) is 5.75 Å². The summed E-state index contributed by atoms with van der Waals surface area (Å²) in [6, 6.07) is 7.82. The molecule has 2 heteroatoms. The average Bonchev–Trinajstić information content (AvgIpc) is 2.39. The van der Waals surface area contributed by atoms with Crippen LogP contribution in [0.15, 0.2) is 24.3 Å². The first kappa shape index (κ1) is 13.1. The molecule has 1 saturated carbocycles. The van der Waals surface area contributed by atoms with E-state index in [2.05, 4.69) is 6.92 Å². The first-order valence-electron chi connectivity index (χ1n) is 6.84. The largest absolute Gasteiger partial charge is 0.497 e. The molecular weight excluding hydrogens is 224 g/mol. The maximum atomic E-state index is 12.2. The fourth-order valence-electron chi connectivity index (χ4n) is 2.82. The fourth-order valence-corrected chi connectivity index (χ4v) is 2.82. The molecule has 18 heavy (non-hydrogen) atoms. The molecule has 1 aromatic rings. The minimum absolute atomic E-state index is 0.288. The Bertz CT molecular complexity index is 394. The molecule has 2 nitrogen and oxygen atoms in total. The SMILES string of the molecule is COc1ccc(CC(=O)C2CCCC(C)C2)cc1. The zero-order valence-electron chi connectivity index (χ0n) is 11.3. The van der Waals surface area contributed by atoms with Gasteiger partial charge in [0, 0.05) is 12.3 Å². The van der Waals surface area contributed by atoms with E-state index in [0.29, 0.717) is 18.1 Å². The number of hydrogen-bond donors (Lipinski definition) is 0. The van der Waals surface area contributed by atoms with E-state index < -0.39 is 0 Å². The molecule has 1 fully saturated rings. The van der Waals surface area contributed by atoms with Crippen LogP contribution in [-0.4, -0.2) is 12.9 Å². The molecular formula is C16H22O2. The van der Waals surface area contributed by atoms with E-state index in [0.717, 1.165) is 24.2 Å². The maximum absolute atomic E-state index is 12.2. The topological polar surface area (TPSA) is 26.3 Å². The number of hydrogen-bond acceptors (Lipinski definition) is 2. The highest BCUT2D eigenvalue weighted by Gasteiger charge is 2.24. The fraction of sp³-hybridized carbons (Fsp3) is 0.562. The van der Waals surface area contributed by atoms with Crippen molar-refractivity contribution >= 4 is 5.78 Å². The molecule has 98 valence electrons. The van der Waals surface area contributed by atoms with Gasteiger partial charge < -0.3 is 4.74 Å². The zero-order chi connectivity index (χ0) is 13.0. The third kappa shape index (κ3) is 3.34. The lowest BCUT2D eigenvalue weighted by atomic mass is 9.79. The van der Waals surface area contributed by atoms with E-state index in [1.165, 1.54) is 12.8 Å². The van der Waals surface area contributed by atoms with Crippen molar-refractivity contribution in [3.63, 3.8) is 0 Å². The monoisotopic (exact) mass is 246 g/mol. The van der Waals surface area contributed by atoms with Crippen LogP contribution in [0.1, 0.15) is 38.2 Å². The Morgan fingerprint density at radius 1 is 1.28 bits per heavy atom. The second-order valence-corrected chi connectivity index (χ2v) is 5.46. The van der Waals surface area contributed by atoms with Gasteiger partial charge in [-0.15, -0.1) is 0 Å². The lowest BCUT2D eigenvalue weighted by Crippen LogP contribution is -2.23. The summed E-state index contributed by atoms with van der Waals surface area (Å²) < 4.78 is 5.12. The molecule has 0 radical (unpaired) electrons. The summed E-state index contributed by atoms with van der Waals surface area (Å²) in [5, 5.41) is 0. The smallest absolute Gasteiger partial charge is 0.140 e. The first-order chi connectivity index (χ1) is 8.69. The molecule has 0 aromatic heterocycles. The molecule has 0 heterocycles. The molecule has 0 amide bonds. The Hall–Kier alpha value is -1.31. The van der Waals surface area contributed by atoms with Crippen LogP contribution in [0.3, 0.4) is 0 Å². The van der Waals surface area contributed by atoms with E-state index in [4.69, 9.17) is 4.74 Å². The third-order valence-electron chi connectivity index (χ3n) is 3.93. The average molecular weight is 246 g/mol. The Kier molecular flexibility index (Phi) is 4.40. The van der Waals surface area contributed by atoms with Gasteiger partial charge in [0.2, 0.25) is 0 Å². The van der Waals surface area contributed by atoms with E-state index >= 15 is 0 Å². The van der Waals surface area contributed by atoms with Crippen LogP contribution in [0, 0.1) is 11.8 Å². The van der Waals surface area contributed by atoms with Gasteiger partial charge in [0.1, 0.15) is 11.5 Å². The van der Waals surface area contributed by atoms with Crippen molar-refractivity contribution in [2.45, 2.75) is 39.0 Å². The van der Waals surface area contributed by atoms with E-state index in [-0.39, 0.29) is 5.92 Å². The molecule has 2 rings (SSSR count). The summed E-state index contributed by atoms with van der Waals surface area (Å²) in [6.07, 6.45) is 5.22. The number of rotatable bonds is 4. The van der Waals surface area contributed by atoms with Gasteiger partial charge in [-0.05, 0) is 36.5 Å². The predicted molar refractivity (Wildman–Crippen MR) is 72.8 cm³/mol. The third-order valence-corrected chi connectivity index (χ3v) is 3.93. The van der Waals surface area contributed by atoms with Crippen molar-refractivity contribution < 1.29 is 9.53 Å². The van der Waals surface area contributed by atoms with E-state index in [1.54, 1.807) is 7.11 Å². The Morgan fingerprint density at radius 2 is 2.00 bits per heavy atom. The number of ketones is 1. The highest BCUT2D eigenvalue weighted by atomic mass is 16.5. The summed E-state index contributed by atoms with van der Waals surface area (Å²) in [5.41, 5.74) is 1.10. The molecule has 1 aliphatic rings. The normalized spacial score (nSPS) is 23.7. The molecule has 2 unspecified atom stereocenters. The Labute approximate surface area is 109 Å². The van der Waals surface area contributed by atoms with E-state index in [9.17, 15) is 4.79 Å². The lowest BCUT2D eigenvalue weighted by molar-refractivity contribution is -0.123. The van der Waals surface area contributed by atoms with Gasteiger partial charge in [-0.1, -0.05) is 31.9 Å². The van der Waals surface area contributed by atoms with Crippen LogP contribution in [0.4, 0.5) is 0 Å². The van der Waals surface area contributed by atoms with Crippen LogP contribution < -0.4 is 4.74 Å². The number of benzene rings is 1. The number of carbonyl (C=O) groups excluding carboxylic acids is 1. The van der Waals surface area contributed by atoms with Gasteiger partial charge in [-0.3, -0.25) is 4.79 Å². The van der Waals surface area contributed by atoms with Crippen LogP contribution in [0.25, 0.3) is 0 Å². The number of Topliss-reactive ketones (excluding diaryl/α,β-unsaturated/α-hetero) is 1. The molecule has 1 aromatic carbocycles. The Morgan fingerprint density at radius 3 is 2.61 bits per heavy atom. The van der Waals surface area contributed by atoms with Crippen molar-refractivity contribution in [3.05, 3.63) is 29.8 Å². The number of ether oxygens (including phenoxy) is 1. The highest BCUT2D eigenvalue weighted by molar-refractivity contribution is 5.83. The van der Waals surface area contributed by atoms with Crippen molar-refractivity contribution in [3.8, 4) is 5.75 Å². The number of carbonyl (C=O) groups is 1. The van der Waals surface area contributed by atoms with Crippen molar-refractivity contribution in [2.24, 2.45) is 11.8 Å². The lowest BCUT2D eigenvalue weighted by Gasteiger charge is -2.25. The van der Waals surface area contributed by atoms with Gasteiger partial charge in [-0.2, -0.15) is 0 Å². The standard InChI is InChI=1S/C16H22O2/c1-12-4-3-5-14(10-12)16(17)11-13-6-8-15(18-2)9-7-13/h6-9,12,14H,3-5,10-11H2,1-2H3. The van der Waals surface area contributed by atoms with Crippen molar-refractivity contribution in [1.82, 2.24) is 0 Å². The molecule has 2 atom stereocenters. The quantitative estimate of drug-likeness (QED) is 0.811. The molecule has 0 N–H and O–H groups in total. The van der Waals surface area contributed by atoms with Crippen LogP contribution in [-0.2, 0) is 11.2 Å². The summed E-state index contributed by atoms with van der Waals surface area (Å²) in [5.74, 6) is 2.25. The van der Waals surface area contributed by atoms with Gasteiger partial charge >= 0.3 is 0 Å². The van der Waals surface area contributed by atoms with Crippen LogP contribution in [0.2, 0.25) is 0 Å². The van der Waals surface area contributed by atoms with Crippen molar-refractivity contribution in [1.29, 1.82) is 0 Å². The Balaban J connectivity index is 1.93. The minimum Gasteiger partial charge on any atom is -0.497 e. The summed E-state index contributed by atoms with van der Waals surface area (Å²) in [7, 11) is 1.66. The van der Waals surface area contributed by atoms with Crippen molar-refractivity contribution in [2.75, 3.05) is 7.11 Å². The summed E-state index contributed by atoms with van der Waals surface area (Å²) in [6.45, 7) is 2.26. The van der Waals surface area contributed by atoms with Gasteiger partial charge in [0.15, 0.2) is 0 Å².